The minimum absolute atomic E-state index is 0.848. The first-order valence-electron chi connectivity index (χ1n) is 7.07. The van der Waals surface area contributed by atoms with E-state index in [0.29, 0.717) is 0 Å². The molecular weight excluding hydrogens is 276 g/mol. The maximum Gasteiger partial charge on any atom is 0.209 e. The van der Waals surface area contributed by atoms with Gasteiger partial charge < -0.3 is 0 Å². The number of aliphatic imine (C=N–C) groups is 1. The third-order valence-corrected chi connectivity index (χ3v) is 4.74. The predicted octanol–water partition coefficient (Wildman–Crippen LogP) is 4.66. The van der Waals surface area contributed by atoms with Gasteiger partial charge in [0.15, 0.2) is 0 Å². The second-order valence-electron chi connectivity index (χ2n) is 5.10. The Balaban J connectivity index is 1.69. The molecule has 0 spiro atoms. The number of benzene rings is 2. The maximum atomic E-state index is 4.69. The van der Waals surface area contributed by atoms with Crippen molar-refractivity contribution in [3.05, 3.63) is 71.4 Å². The van der Waals surface area contributed by atoms with Crippen molar-refractivity contribution in [3.63, 3.8) is 0 Å². The van der Waals surface area contributed by atoms with Crippen LogP contribution >= 0.6 is 11.3 Å². The molecule has 0 bridgehead atoms. The third-order valence-electron chi connectivity index (χ3n) is 3.70. The fourth-order valence-corrected chi connectivity index (χ4v) is 3.67. The lowest BCUT2D eigenvalue weighted by molar-refractivity contribution is 0.910. The van der Waals surface area contributed by atoms with E-state index in [0.717, 1.165) is 23.5 Å². The van der Waals surface area contributed by atoms with Crippen LogP contribution in [0.3, 0.4) is 0 Å². The minimum atomic E-state index is 0.848. The van der Waals surface area contributed by atoms with Crippen molar-refractivity contribution in [2.45, 2.75) is 12.8 Å². The van der Waals surface area contributed by atoms with Crippen molar-refractivity contribution in [1.82, 2.24) is 4.98 Å². The predicted molar refractivity (Wildman–Crippen MR) is 88.7 cm³/mol. The van der Waals surface area contributed by atoms with Crippen LogP contribution in [-0.4, -0.2) is 11.2 Å². The van der Waals surface area contributed by atoms with Crippen LogP contribution in [0, 0.1) is 0 Å². The van der Waals surface area contributed by atoms with Crippen molar-refractivity contribution in [3.8, 4) is 10.4 Å². The van der Waals surface area contributed by atoms with Crippen molar-refractivity contribution < 1.29 is 0 Å². The Morgan fingerprint density at radius 2 is 1.76 bits per heavy atom. The van der Waals surface area contributed by atoms with Gasteiger partial charge in [-0.1, -0.05) is 65.9 Å². The van der Waals surface area contributed by atoms with Crippen LogP contribution < -0.4 is 0 Å². The standard InChI is InChI=1S/C18H14N2S/c1-2-6-13(7-3-1)12-19-18-20-16-11-10-14-8-4-5-9-15(14)17(16)21-18/h1-9,12H,10-11H2. The Hall–Kier alpha value is -2.26. The molecule has 1 heterocycles. The molecule has 2 nitrogen and oxygen atoms in total. The molecule has 0 radical (unpaired) electrons. The zero-order chi connectivity index (χ0) is 14.1. The Morgan fingerprint density at radius 3 is 2.67 bits per heavy atom. The topological polar surface area (TPSA) is 25.2 Å². The summed E-state index contributed by atoms with van der Waals surface area (Å²) in [6.45, 7) is 0. The average molecular weight is 290 g/mol. The third kappa shape index (κ3) is 2.41. The van der Waals surface area contributed by atoms with Gasteiger partial charge in [0.1, 0.15) is 0 Å². The van der Waals surface area contributed by atoms with Gasteiger partial charge >= 0.3 is 0 Å². The number of hydrogen-bond acceptors (Lipinski definition) is 3. The number of fused-ring (bicyclic) bond motifs is 3. The molecule has 2 aromatic carbocycles. The van der Waals surface area contributed by atoms with Gasteiger partial charge in [-0.25, -0.2) is 9.98 Å². The average Bonchev–Trinajstić information content (AvgIpc) is 2.97. The van der Waals surface area contributed by atoms with Gasteiger partial charge in [0.2, 0.25) is 5.13 Å². The lowest BCUT2D eigenvalue weighted by Crippen LogP contribution is -2.01. The van der Waals surface area contributed by atoms with E-state index in [-0.39, 0.29) is 0 Å². The summed E-state index contributed by atoms with van der Waals surface area (Å²) in [6.07, 6.45) is 3.98. The molecule has 102 valence electrons. The smallest absolute Gasteiger partial charge is 0.209 e. The minimum Gasteiger partial charge on any atom is -0.227 e. The van der Waals surface area contributed by atoms with E-state index in [2.05, 4.69) is 34.2 Å². The highest BCUT2D eigenvalue weighted by molar-refractivity contribution is 7.18. The molecule has 3 heteroatoms. The van der Waals surface area contributed by atoms with E-state index >= 15 is 0 Å². The molecule has 0 saturated heterocycles. The molecule has 0 atom stereocenters. The second kappa shape index (κ2) is 5.26. The van der Waals surface area contributed by atoms with E-state index in [1.165, 1.54) is 21.7 Å². The molecule has 1 aliphatic rings. The summed E-state index contributed by atoms with van der Waals surface area (Å²) in [7, 11) is 0. The van der Waals surface area contributed by atoms with E-state index in [1.54, 1.807) is 11.3 Å². The molecule has 0 amide bonds. The van der Waals surface area contributed by atoms with Crippen LogP contribution in [0.4, 0.5) is 5.13 Å². The van der Waals surface area contributed by atoms with Gasteiger partial charge in [-0.05, 0) is 29.5 Å². The highest BCUT2D eigenvalue weighted by Crippen LogP contribution is 2.40. The quantitative estimate of drug-likeness (QED) is 0.630. The lowest BCUT2D eigenvalue weighted by Gasteiger charge is -2.13. The zero-order valence-corrected chi connectivity index (χ0v) is 12.3. The lowest BCUT2D eigenvalue weighted by atomic mass is 9.94. The van der Waals surface area contributed by atoms with Gasteiger partial charge in [0.05, 0.1) is 10.6 Å². The molecular formula is C18H14N2S. The van der Waals surface area contributed by atoms with Crippen LogP contribution in [0.1, 0.15) is 16.8 Å². The summed E-state index contributed by atoms with van der Waals surface area (Å²) >= 11 is 1.69. The van der Waals surface area contributed by atoms with Crippen LogP contribution in [0.15, 0.2) is 59.6 Å². The van der Waals surface area contributed by atoms with Crippen LogP contribution in [-0.2, 0) is 12.8 Å². The molecule has 0 fully saturated rings. The highest BCUT2D eigenvalue weighted by Gasteiger charge is 2.19. The largest absolute Gasteiger partial charge is 0.227 e. The van der Waals surface area contributed by atoms with Crippen molar-refractivity contribution in [2.24, 2.45) is 4.99 Å². The second-order valence-corrected chi connectivity index (χ2v) is 6.08. The fraction of sp³-hybridized carbons (Fsp3) is 0.111. The van der Waals surface area contributed by atoms with E-state index < -0.39 is 0 Å². The number of rotatable bonds is 2. The molecule has 0 N–H and O–H groups in total. The first kappa shape index (κ1) is 12.5. The summed E-state index contributed by atoms with van der Waals surface area (Å²) in [4.78, 5) is 10.5. The number of thiazole rings is 1. The van der Waals surface area contributed by atoms with Gasteiger partial charge in [0, 0.05) is 6.21 Å². The van der Waals surface area contributed by atoms with Gasteiger partial charge in [-0.15, -0.1) is 0 Å². The number of nitrogens with zero attached hydrogens (tertiary/aromatic N) is 2. The van der Waals surface area contributed by atoms with Gasteiger partial charge in [-0.3, -0.25) is 0 Å². The van der Waals surface area contributed by atoms with E-state index in [9.17, 15) is 0 Å². The Bertz CT molecular complexity index is 803. The molecule has 0 unspecified atom stereocenters. The molecule has 21 heavy (non-hydrogen) atoms. The number of aromatic nitrogens is 1. The van der Waals surface area contributed by atoms with E-state index in [4.69, 9.17) is 0 Å². The normalized spacial score (nSPS) is 13.1. The van der Waals surface area contributed by atoms with Crippen LogP contribution in [0.25, 0.3) is 10.4 Å². The molecule has 4 rings (SSSR count). The summed E-state index contributed by atoms with van der Waals surface area (Å²) in [5.74, 6) is 0. The monoisotopic (exact) mass is 290 g/mol. The molecule has 1 aliphatic carbocycles. The van der Waals surface area contributed by atoms with Crippen molar-refractivity contribution in [2.75, 3.05) is 0 Å². The summed E-state index contributed by atoms with van der Waals surface area (Å²) in [5, 5.41) is 0.848. The van der Waals surface area contributed by atoms with Crippen LogP contribution in [0.2, 0.25) is 0 Å². The van der Waals surface area contributed by atoms with Gasteiger partial charge in [0.25, 0.3) is 0 Å². The summed E-state index contributed by atoms with van der Waals surface area (Å²) in [5.41, 5.74) is 5.05. The Morgan fingerprint density at radius 1 is 0.952 bits per heavy atom. The van der Waals surface area contributed by atoms with Crippen molar-refractivity contribution in [1.29, 1.82) is 0 Å². The van der Waals surface area contributed by atoms with Crippen LogP contribution in [0.5, 0.6) is 0 Å². The first-order valence-corrected chi connectivity index (χ1v) is 7.89. The Kier molecular flexibility index (Phi) is 3.13. The van der Waals surface area contributed by atoms with Crippen molar-refractivity contribution >= 4 is 22.7 Å². The summed E-state index contributed by atoms with van der Waals surface area (Å²) in [6, 6.07) is 18.8. The van der Waals surface area contributed by atoms with E-state index in [1.807, 2.05) is 36.5 Å². The molecule has 3 aromatic rings. The highest BCUT2D eigenvalue weighted by atomic mass is 32.1. The molecule has 1 aromatic heterocycles. The maximum absolute atomic E-state index is 4.69. The molecule has 0 saturated carbocycles. The van der Waals surface area contributed by atoms with Gasteiger partial charge in [-0.2, -0.15) is 0 Å². The first-order chi connectivity index (χ1) is 10.4. The number of aryl methyl sites for hydroxylation is 2. The zero-order valence-electron chi connectivity index (χ0n) is 11.5. The SMILES string of the molecule is C(=Nc1nc2c(s1)-c1ccccc1CC2)c1ccccc1. The number of hydrogen-bond donors (Lipinski definition) is 0. The molecule has 0 aliphatic heterocycles. The fourth-order valence-electron chi connectivity index (χ4n) is 2.66. The Labute approximate surface area is 127 Å². The summed E-state index contributed by atoms with van der Waals surface area (Å²) < 4.78 is 0.